The van der Waals surface area contributed by atoms with E-state index in [-0.39, 0.29) is 23.9 Å². The molecule has 0 amide bonds. The summed E-state index contributed by atoms with van der Waals surface area (Å²) in [6, 6.07) is 19.4. The minimum Gasteiger partial charge on any atom is -0.497 e. The summed E-state index contributed by atoms with van der Waals surface area (Å²) in [7, 11) is 4.72. The first-order valence-corrected chi connectivity index (χ1v) is 18.4. The number of carbonyl (C=O) groups excluding carboxylic acids is 2. The third-order valence-corrected chi connectivity index (χ3v) is 8.90. The third kappa shape index (κ3) is 11.8. The van der Waals surface area contributed by atoms with Gasteiger partial charge in [-0.1, -0.05) is 37.1 Å². The van der Waals surface area contributed by atoms with Crippen LogP contribution in [0.5, 0.6) is 17.2 Å². The zero-order valence-corrected chi connectivity index (χ0v) is 31.6. The lowest BCUT2D eigenvalue weighted by Crippen LogP contribution is -2.37. The van der Waals surface area contributed by atoms with Crippen LogP contribution in [0, 0.1) is 0 Å². The minimum atomic E-state index is -0.390. The Balaban J connectivity index is 1.38. The number of benzene rings is 3. The van der Waals surface area contributed by atoms with E-state index in [4.69, 9.17) is 23.7 Å². The zero-order valence-electron chi connectivity index (χ0n) is 31.6. The van der Waals surface area contributed by atoms with Crippen LogP contribution in [0.15, 0.2) is 76.4 Å². The topological polar surface area (TPSA) is 124 Å². The lowest BCUT2D eigenvalue weighted by atomic mass is 9.96. The Morgan fingerprint density at radius 2 is 1.36 bits per heavy atom. The molecule has 0 bridgehead atoms. The van der Waals surface area contributed by atoms with Gasteiger partial charge in [-0.3, -0.25) is 19.0 Å². The monoisotopic (exact) mass is 728 g/mol. The number of carbonyl (C=O) groups is 2. The van der Waals surface area contributed by atoms with Gasteiger partial charge in [0.2, 0.25) is 0 Å². The predicted octanol–water partition coefficient (Wildman–Crippen LogP) is 6.83. The Morgan fingerprint density at radius 3 is 2.08 bits per heavy atom. The highest BCUT2D eigenvalue weighted by Gasteiger charge is 2.15. The molecule has 0 spiro atoms. The van der Waals surface area contributed by atoms with Crippen molar-refractivity contribution in [2.45, 2.75) is 71.6 Å². The average Bonchev–Trinajstić information content (AvgIpc) is 3.16. The Hall–Kier alpha value is -5.32. The molecule has 0 aliphatic carbocycles. The van der Waals surface area contributed by atoms with Crippen LogP contribution in [0.1, 0.15) is 69.9 Å². The Labute approximate surface area is 311 Å². The van der Waals surface area contributed by atoms with Gasteiger partial charge in [-0.15, -0.1) is 0 Å². The standard InChI is InChI=1S/C42H52N2O9/c1-6-50-39(45)17-13-25-53-38-16-12-15-31(36(38)22-23-40(46)51-7-2)14-10-8-9-11-24-52-35-27-32(30-18-20-34(49-5)21-19-30)26-33(28-35)37-29-43(3)42(48)44(4)41(37)47/h12,15-16,18-21,26-29H,6-11,13-14,17,22-25H2,1-5H3. The molecule has 3 aromatic carbocycles. The molecule has 0 saturated heterocycles. The number of esters is 2. The van der Waals surface area contributed by atoms with E-state index in [2.05, 4.69) is 6.07 Å². The molecular formula is C42H52N2O9. The molecule has 0 saturated carbocycles. The van der Waals surface area contributed by atoms with Crippen molar-refractivity contribution in [2.24, 2.45) is 14.1 Å². The fourth-order valence-electron chi connectivity index (χ4n) is 6.11. The Kier molecular flexibility index (Phi) is 15.8. The molecule has 284 valence electrons. The molecule has 0 unspecified atom stereocenters. The van der Waals surface area contributed by atoms with Crippen molar-refractivity contribution >= 4 is 11.9 Å². The molecule has 0 aliphatic rings. The second-order valence-corrected chi connectivity index (χ2v) is 12.7. The molecule has 0 aliphatic heterocycles. The fourth-order valence-corrected chi connectivity index (χ4v) is 6.11. The largest absolute Gasteiger partial charge is 0.497 e. The van der Waals surface area contributed by atoms with Crippen molar-refractivity contribution in [1.82, 2.24) is 9.13 Å². The molecular weight excluding hydrogens is 676 g/mol. The number of methoxy groups -OCH3 is 1. The van der Waals surface area contributed by atoms with Gasteiger partial charge >= 0.3 is 17.6 Å². The summed E-state index contributed by atoms with van der Waals surface area (Å²) >= 11 is 0. The Morgan fingerprint density at radius 1 is 0.679 bits per heavy atom. The number of hydrogen-bond acceptors (Lipinski definition) is 9. The minimum absolute atomic E-state index is 0.238. The van der Waals surface area contributed by atoms with E-state index in [9.17, 15) is 19.2 Å². The van der Waals surface area contributed by atoms with E-state index in [0.717, 1.165) is 70.4 Å². The van der Waals surface area contributed by atoms with Gasteiger partial charge in [0.05, 0.1) is 39.1 Å². The van der Waals surface area contributed by atoms with E-state index in [1.54, 1.807) is 34.2 Å². The first-order valence-electron chi connectivity index (χ1n) is 18.4. The number of hydrogen-bond donors (Lipinski definition) is 0. The maximum absolute atomic E-state index is 13.1. The normalized spacial score (nSPS) is 10.9. The average molecular weight is 729 g/mol. The van der Waals surface area contributed by atoms with Gasteiger partial charge in [-0.2, -0.15) is 0 Å². The van der Waals surface area contributed by atoms with Crippen molar-refractivity contribution in [3.63, 3.8) is 0 Å². The van der Waals surface area contributed by atoms with E-state index >= 15 is 0 Å². The second-order valence-electron chi connectivity index (χ2n) is 12.7. The molecule has 0 atom stereocenters. The van der Waals surface area contributed by atoms with E-state index in [1.807, 2.05) is 54.6 Å². The predicted molar refractivity (Wildman–Crippen MR) is 205 cm³/mol. The van der Waals surface area contributed by atoms with Gasteiger partial charge in [0.25, 0.3) is 5.56 Å². The number of aromatic nitrogens is 2. The first kappa shape index (κ1) is 40.5. The smallest absolute Gasteiger partial charge is 0.330 e. The summed E-state index contributed by atoms with van der Waals surface area (Å²) in [4.78, 5) is 49.4. The number of unbranched alkanes of at least 4 members (excludes halogenated alkanes) is 3. The van der Waals surface area contributed by atoms with Gasteiger partial charge < -0.3 is 28.3 Å². The zero-order chi connectivity index (χ0) is 38.2. The summed E-state index contributed by atoms with van der Waals surface area (Å²) < 4.78 is 30.4. The third-order valence-electron chi connectivity index (χ3n) is 8.90. The van der Waals surface area contributed by atoms with E-state index < -0.39 is 5.69 Å². The summed E-state index contributed by atoms with van der Waals surface area (Å²) in [6.07, 6.45) is 7.73. The van der Waals surface area contributed by atoms with Gasteiger partial charge in [0.15, 0.2) is 0 Å². The molecule has 0 radical (unpaired) electrons. The highest BCUT2D eigenvalue weighted by Crippen LogP contribution is 2.32. The van der Waals surface area contributed by atoms with Crippen molar-refractivity contribution < 1.29 is 33.3 Å². The number of aryl methyl sites for hydroxylation is 2. The highest BCUT2D eigenvalue weighted by atomic mass is 16.5. The van der Waals surface area contributed by atoms with Gasteiger partial charge in [-0.25, -0.2) is 4.79 Å². The van der Waals surface area contributed by atoms with Crippen molar-refractivity contribution in [2.75, 3.05) is 33.5 Å². The highest BCUT2D eigenvalue weighted by molar-refractivity contribution is 5.75. The number of nitrogens with zero attached hydrogens (tertiary/aromatic N) is 2. The van der Waals surface area contributed by atoms with Crippen LogP contribution in [0.4, 0.5) is 0 Å². The number of ether oxygens (including phenoxy) is 5. The van der Waals surface area contributed by atoms with Crippen molar-refractivity contribution in [3.05, 3.63) is 98.8 Å². The van der Waals surface area contributed by atoms with Crippen LogP contribution in [0.2, 0.25) is 0 Å². The van der Waals surface area contributed by atoms with Gasteiger partial charge in [0.1, 0.15) is 17.2 Å². The fraction of sp³-hybridized carbons (Fsp3) is 0.429. The van der Waals surface area contributed by atoms with Crippen molar-refractivity contribution in [1.29, 1.82) is 0 Å². The second kappa shape index (κ2) is 20.7. The summed E-state index contributed by atoms with van der Waals surface area (Å²) in [6.45, 7) is 5.15. The summed E-state index contributed by atoms with van der Waals surface area (Å²) in [5, 5.41) is 0. The molecule has 11 heteroatoms. The van der Waals surface area contributed by atoms with Crippen LogP contribution in [-0.2, 0) is 46.0 Å². The maximum atomic E-state index is 13.1. The van der Waals surface area contributed by atoms with E-state index in [0.29, 0.717) is 62.6 Å². The molecule has 0 N–H and O–H groups in total. The molecule has 11 nitrogen and oxygen atoms in total. The maximum Gasteiger partial charge on any atom is 0.330 e. The molecule has 1 heterocycles. The quantitative estimate of drug-likeness (QED) is 0.0671. The van der Waals surface area contributed by atoms with Crippen LogP contribution < -0.4 is 25.5 Å². The van der Waals surface area contributed by atoms with Gasteiger partial charge in [-0.05, 0) is 110 Å². The summed E-state index contributed by atoms with van der Waals surface area (Å²) in [5.41, 5.74) is 4.25. The molecule has 4 rings (SSSR count). The molecule has 53 heavy (non-hydrogen) atoms. The SMILES string of the molecule is CCOC(=O)CCCOc1cccc(CCCCCCOc2cc(-c3ccc(OC)cc3)cc(-c3cn(C)c(=O)n(C)c3=O)c2)c1CCC(=O)OCC. The van der Waals surface area contributed by atoms with E-state index in [1.165, 1.54) is 11.6 Å². The number of rotatable bonds is 21. The van der Waals surface area contributed by atoms with Crippen LogP contribution in [-0.4, -0.2) is 54.6 Å². The molecule has 4 aromatic rings. The van der Waals surface area contributed by atoms with Crippen LogP contribution in [0.3, 0.4) is 0 Å². The van der Waals surface area contributed by atoms with Crippen LogP contribution in [0.25, 0.3) is 22.3 Å². The van der Waals surface area contributed by atoms with Crippen LogP contribution >= 0.6 is 0 Å². The lowest BCUT2D eigenvalue weighted by molar-refractivity contribution is -0.144. The molecule has 0 fully saturated rings. The van der Waals surface area contributed by atoms with Crippen molar-refractivity contribution in [3.8, 4) is 39.5 Å². The Bertz CT molecular complexity index is 1930. The first-order chi connectivity index (χ1) is 25.6. The lowest BCUT2D eigenvalue weighted by Gasteiger charge is -2.16. The van der Waals surface area contributed by atoms with Gasteiger partial charge in [0, 0.05) is 33.1 Å². The molecule has 1 aromatic heterocycles. The summed E-state index contributed by atoms with van der Waals surface area (Å²) in [5.74, 6) is 1.63.